The molecule has 1 aromatic heterocycles. The van der Waals surface area contributed by atoms with E-state index < -0.39 is 0 Å². The van der Waals surface area contributed by atoms with Gasteiger partial charge in [0, 0.05) is 24.0 Å². The van der Waals surface area contributed by atoms with Gasteiger partial charge in [-0.2, -0.15) is 0 Å². The SMILES string of the molecule is OC1CCCc2c1ccn2CC(C1CC1)C1CC1. The van der Waals surface area contributed by atoms with Crippen LogP contribution >= 0.6 is 0 Å². The van der Waals surface area contributed by atoms with E-state index in [1.165, 1.54) is 49.9 Å². The molecule has 2 fully saturated rings. The molecule has 0 bridgehead atoms. The van der Waals surface area contributed by atoms with Gasteiger partial charge < -0.3 is 9.67 Å². The van der Waals surface area contributed by atoms with Crippen molar-refractivity contribution in [1.29, 1.82) is 0 Å². The molecule has 1 heterocycles. The number of hydrogen-bond acceptors (Lipinski definition) is 1. The Morgan fingerprint density at radius 3 is 2.56 bits per heavy atom. The molecule has 0 amide bonds. The number of aliphatic hydroxyl groups is 1. The molecule has 0 saturated heterocycles. The first-order valence-corrected chi connectivity index (χ1v) is 7.69. The average Bonchev–Trinajstić information content (AvgIpc) is 3.26. The van der Waals surface area contributed by atoms with Gasteiger partial charge in [-0.1, -0.05) is 0 Å². The van der Waals surface area contributed by atoms with Crippen LogP contribution in [-0.2, 0) is 13.0 Å². The van der Waals surface area contributed by atoms with E-state index in [0.717, 1.165) is 30.6 Å². The van der Waals surface area contributed by atoms with Gasteiger partial charge in [-0.25, -0.2) is 0 Å². The van der Waals surface area contributed by atoms with E-state index in [1.807, 2.05) is 0 Å². The van der Waals surface area contributed by atoms with Crippen molar-refractivity contribution >= 4 is 0 Å². The Balaban J connectivity index is 1.57. The van der Waals surface area contributed by atoms with Gasteiger partial charge >= 0.3 is 0 Å². The fourth-order valence-electron chi connectivity index (χ4n) is 3.86. The molecule has 1 unspecified atom stereocenters. The Bertz CT molecular complexity index is 430. The predicted octanol–water partition coefficient (Wildman–Crippen LogP) is 3.29. The smallest absolute Gasteiger partial charge is 0.0807 e. The van der Waals surface area contributed by atoms with Gasteiger partial charge in [0.2, 0.25) is 0 Å². The van der Waals surface area contributed by atoms with E-state index in [-0.39, 0.29) is 6.10 Å². The van der Waals surface area contributed by atoms with E-state index in [0.29, 0.717) is 0 Å². The first kappa shape index (κ1) is 11.1. The number of aromatic nitrogens is 1. The van der Waals surface area contributed by atoms with Crippen molar-refractivity contribution < 1.29 is 5.11 Å². The monoisotopic (exact) mass is 245 g/mol. The molecule has 0 spiro atoms. The topological polar surface area (TPSA) is 25.2 Å². The average molecular weight is 245 g/mol. The molecule has 2 nitrogen and oxygen atoms in total. The minimum atomic E-state index is -0.199. The van der Waals surface area contributed by atoms with Gasteiger partial charge in [0.25, 0.3) is 0 Å². The first-order chi connectivity index (χ1) is 8.83. The molecular weight excluding hydrogens is 222 g/mol. The van der Waals surface area contributed by atoms with E-state index in [9.17, 15) is 5.11 Å². The van der Waals surface area contributed by atoms with Crippen molar-refractivity contribution in [3.63, 3.8) is 0 Å². The van der Waals surface area contributed by atoms with Crippen molar-refractivity contribution in [3.05, 3.63) is 23.5 Å². The van der Waals surface area contributed by atoms with Crippen molar-refractivity contribution in [2.24, 2.45) is 17.8 Å². The van der Waals surface area contributed by atoms with Crippen LogP contribution in [0.2, 0.25) is 0 Å². The molecule has 0 radical (unpaired) electrons. The van der Waals surface area contributed by atoms with Crippen LogP contribution in [-0.4, -0.2) is 9.67 Å². The summed E-state index contributed by atoms with van der Waals surface area (Å²) in [5.74, 6) is 2.97. The van der Waals surface area contributed by atoms with Crippen LogP contribution in [0.4, 0.5) is 0 Å². The maximum Gasteiger partial charge on any atom is 0.0807 e. The summed E-state index contributed by atoms with van der Waals surface area (Å²) in [4.78, 5) is 0. The van der Waals surface area contributed by atoms with Crippen molar-refractivity contribution in [2.75, 3.05) is 0 Å². The zero-order chi connectivity index (χ0) is 12.1. The molecule has 3 aliphatic carbocycles. The van der Waals surface area contributed by atoms with Gasteiger partial charge in [0.15, 0.2) is 0 Å². The molecule has 0 aromatic carbocycles. The normalized spacial score (nSPS) is 27.6. The standard InChI is InChI=1S/C16H23NO/c18-16-3-1-2-15-13(16)8-9-17(15)10-14(11-4-5-11)12-6-7-12/h8-9,11-12,14,16,18H,1-7,10H2. The van der Waals surface area contributed by atoms with Crippen LogP contribution in [0.3, 0.4) is 0 Å². The highest BCUT2D eigenvalue weighted by Crippen LogP contribution is 2.50. The molecule has 0 aliphatic heterocycles. The van der Waals surface area contributed by atoms with Gasteiger partial charge in [-0.3, -0.25) is 0 Å². The predicted molar refractivity (Wildman–Crippen MR) is 71.3 cm³/mol. The van der Waals surface area contributed by atoms with E-state index in [2.05, 4.69) is 16.8 Å². The van der Waals surface area contributed by atoms with Crippen molar-refractivity contribution in [3.8, 4) is 0 Å². The third kappa shape index (κ3) is 1.91. The lowest BCUT2D eigenvalue weighted by atomic mass is 9.94. The van der Waals surface area contributed by atoms with Crippen LogP contribution < -0.4 is 0 Å². The Morgan fingerprint density at radius 2 is 1.89 bits per heavy atom. The maximum absolute atomic E-state index is 10.0. The van der Waals surface area contributed by atoms with Gasteiger partial charge in [-0.15, -0.1) is 0 Å². The quantitative estimate of drug-likeness (QED) is 0.865. The molecular formula is C16H23NO. The highest BCUT2D eigenvalue weighted by Gasteiger charge is 2.41. The summed E-state index contributed by atoms with van der Waals surface area (Å²) < 4.78 is 2.47. The fourth-order valence-corrected chi connectivity index (χ4v) is 3.86. The zero-order valence-electron chi connectivity index (χ0n) is 11.0. The Labute approximate surface area is 109 Å². The highest BCUT2D eigenvalue weighted by atomic mass is 16.3. The van der Waals surface area contributed by atoms with Gasteiger partial charge in [-0.05, 0) is 68.8 Å². The largest absolute Gasteiger partial charge is 0.388 e. The van der Waals surface area contributed by atoms with E-state index in [4.69, 9.17) is 0 Å². The number of nitrogens with zero attached hydrogens (tertiary/aromatic N) is 1. The second kappa shape index (κ2) is 4.12. The summed E-state index contributed by atoms with van der Waals surface area (Å²) in [5, 5.41) is 10.0. The first-order valence-electron chi connectivity index (χ1n) is 7.69. The fraction of sp³-hybridized carbons (Fsp3) is 0.750. The number of aliphatic hydroxyl groups excluding tert-OH is 1. The summed E-state index contributed by atoms with van der Waals surface area (Å²) in [6.07, 6.45) is 11.2. The lowest BCUT2D eigenvalue weighted by Crippen LogP contribution is -2.18. The second-order valence-electron chi connectivity index (χ2n) is 6.62. The second-order valence-corrected chi connectivity index (χ2v) is 6.62. The summed E-state index contributed by atoms with van der Waals surface area (Å²) >= 11 is 0. The molecule has 2 heteroatoms. The van der Waals surface area contributed by atoms with Crippen LogP contribution in [0.1, 0.15) is 55.9 Å². The van der Waals surface area contributed by atoms with Gasteiger partial charge in [0.05, 0.1) is 6.10 Å². The lowest BCUT2D eigenvalue weighted by molar-refractivity contribution is 0.155. The number of rotatable bonds is 4. The molecule has 18 heavy (non-hydrogen) atoms. The van der Waals surface area contributed by atoms with E-state index in [1.54, 1.807) is 0 Å². The third-order valence-corrected chi connectivity index (χ3v) is 5.23. The van der Waals surface area contributed by atoms with Crippen molar-refractivity contribution in [1.82, 2.24) is 4.57 Å². The van der Waals surface area contributed by atoms with E-state index >= 15 is 0 Å². The number of fused-ring (bicyclic) bond motifs is 1. The van der Waals surface area contributed by atoms with Crippen LogP contribution in [0.15, 0.2) is 12.3 Å². The number of hydrogen-bond donors (Lipinski definition) is 1. The van der Waals surface area contributed by atoms with Crippen LogP contribution in [0.5, 0.6) is 0 Å². The zero-order valence-corrected chi connectivity index (χ0v) is 11.0. The Morgan fingerprint density at radius 1 is 1.17 bits per heavy atom. The minimum Gasteiger partial charge on any atom is -0.388 e. The summed E-state index contributed by atoms with van der Waals surface area (Å²) in [6, 6.07) is 2.16. The molecule has 2 saturated carbocycles. The molecule has 3 aliphatic rings. The molecule has 1 aromatic rings. The highest BCUT2D eigenvalue weighted by molar-refractivity contribution is 5.27. The van der Waals surface area contributed by atoms with Crippen LogP contribution in [0, 0.1) is 17.8 Å². The Kier molecular flexibility index (Phi) is 2.54. The molecule has 1 N–H and O–H groups in total. The van der Waals surface area contributed by atoms with Gasteiger partial charge in [0.1, 0.15) is 0 Å². The molecule has 1 atom stereocenters. The lowest BCUT2D eigenvalue weighted by Gasteiger charge is -2.23. The van der Waals surface area contributed by atoms with Crippen molar-refractivity contribution in [2.45, 2.75) is 57.6 Å². The third-order valence-electron chi connectivity index (χ3n) is 5.23. The Hall–Kier alpha value is -0.760. The molecule has 4 rings (SSSR count). The molecule has 98 valence electrons. The summed E-state index contributed by atoms with van der Waals surface area (Å²) in [7, 11) is 0. The summed E-state index contributed by atoms with van der Waals surface area (Å²) in [6.45, 7) is 1.22. The van der Waals surface area contributed by atoms with Crippen LogP contribution in [0.25, 0.3) is 0 Å². The summed E-state index contributed by atoms with van der Waals surface area (Å²) in [5.41, 5.74) is 2.65. The minimum absolute atomic E-state index is 0.199. The maximum atomic E-state index is 10.0.